The number of benzene rings is 1. The first kappa shape index (κ1) is 14.2. The van der Waals surface area contributed by atoms with E-state index in [9.17, 15) is 10.1 Å². The Labute approximate surface area is 127 Å². The second kappa shape index (κ2) is 6.32. The van der Waals surface area contributed by atoms with Gasteiger partial charge < -0.3 is 0 Å². The van der Waals surface area contributed by atoms with Gasteiger partial charge in [-0.2, -0.15) is 0 Å². The average molecular weight is 303 g/mol. The average Bonchev–Trinajstić information content (AvgIpc) is 3.02. The van der Waals surface area contributed by atoms with Gasteiger partial charge in [0.25, 0.3) is 5.69 Å². The van der Waals surface area contributed by atoms with Crippen LogP contribution in [0.15, 0.2) is 35.8 Å². The molecule has 5 nitrogen and oxygen atoms in total. The van der Waals surface area contributed by atoms with Crippen LogP contribution in [0, 0.1) is 10.1 Å². The van der Waals surface area contributed by atoms with Gasteiger partial charge in [-0.3, -0.25) is 15.0 Å². The van der Waals surface area contributed by atoms with Gasteiger partial charge in [0.05, 0.1) is 11.0 Å². The highest BCUT2D eigenvalue weighted by molar-refractivity contribution is 7.09. The van der Waals surface area contributed by atoms with E-state index in [1.165, 1.54) is 6.42 Å². The molecule has 0 aliphatic carbocycles. The third-order valence-electron chi connectivity index (χ3n) is 3.91. The van der Waals surface area contributed by atoms with Crippen LogP contribution in [-0.2, 0) is 6.54 Å². The van der Waals surface area contributed by atoms with E-state index in [1.54, 1.807) is 23.5 Å². The fourth-order valence-corrected chi connectivity index (χ4v) is 3.71. The molecule has 0 saturated carbocycles. The van der Waals surface area contributed by atoms with E-state index >= 15 is 0 Å². The topological polar surface area (TPSA) is 59.3 Å². The molecule has 1 aliphatic heterocycles. The highest BCUT2D eigenvalue weighted by Crippen LogP contribution is 2.34. The third-order valence-corrected chi connectivity index (χ3v) is 4.79. The van der Waals surface area contributed by atoms with Gasteiger partial charge >= 0.3 is 0 Å². The summed E-state index contributed by atoms with van der Waals surface area (Å²) < 4.78 is 0. The lowest BCUT2D eigenvalue weighted by molar-refractivity contribution is -0.385. The lowest BCUT2D eigenvalue weighted by Gasteiger charge is -2.34. The zero-order valence-corrected chi connectivity index (χ0v) is 12.5. The Hall–Kier alpha value is -1.79. The van der Waals surface area contributed by atoms with Gasteiger partial charge in [-0.25, -0.2) is 4.98 Å². The van der Waals surface area contributed by atoms with E-state index in [4.69, 9.17) is 0 Å². The fourth-order valence-electron chi connectivity index (χ4n) is 2.90. The van der Waals surface area contributed by atoms with Gasteiger partial charge in [-0.05, 0) is 19.4 Å². The molecule has 0 spiro atoms. The first-order valence-electron chi connectivity index (χ1n) is 7.11. The lowest BCUT2D eigenvalue weighted by atomic mass is 10.0. The molecule has 21 heavy (non-hydrogen) atoms. The summed E-state index contributed by atoms with van der Waals surface area (Å²) in [6.07, 6.45) is 5.24. The maximum absolute atomic E-state index is 11.2. The number of likely N-dealkylation sites (tertiary alicyclic amines) is 1. The highest BCUT2D eigenvalue weighted by Gasteiger charge is 2.27. The van der Waals surface area contributed by atoms with Gasteiger partial charge in [0, 0.05) is 29.8 Å². The molecule has 0 amide bonds. The van der Waals surface area contributed by atoms with Crippen LogP contribution in [0.1, 0.15) is 35.9 Å². The maximum atomic E-state index is 11.2. The SMILES string of the molecule is O=[N+]([O-])c1ccccc1CN1CCCC[C@@H]1c1nccs1. The molecule has 3 rings (SSSR count). The number of thiazole rings is 1. The van der Waals surface area contributed by atoms with Crippen molar-refractivity contribution in [2.45, 2.75) is 31.8 Å². The summed E-state index contributed by atoms with van der Waals surface area (Å²) in [4.78, 5) is 17.6. The Morgan fingerprint density at radius 2 is 2.24 bits per heavy atom. The molecule has 1 aliphatic rings. The summed E-state index contributed by atoms with van der Waals surface area (Å²) in [6, 6.07) is 7.31. The standard InChI is InChI=1S/C15H17N3O2S/c19-18(20)13-6-2-1-5-12(13)11-17-9-4-3-7-14(17)15-16-8-10-21-15/h1-2,5-6,8,10,14H,3-4,7,9,11H2/t14-/m1/s1. The number of nitro groups is 1. The molecule has 1 aromatic carbocycles. The second-order valence-corrected chi connectivity index (χ2v) is 6.16. The predicted octanol–water partition coefficient (Wildman–Crippen LogP) is 3.78. The molecular weight excluding hydrogens is 286 g/mol. The summed E-state index contributed by atoms with van der Waals surface area (Å²) in [5.74, 6) is 0. The molecule has 1 atom stereocenters. The summed E-state index contributed by atoms with van der Waals surface area (Å²) >= 11 is 1.67. The largest absolute Gasteiger partial charge is 0.289 e. The van der Waals surface area contributed by atoms with E-state index in [1.807, 2.05) is 23.7 Å². The first-order chi connectivity index (χ1) is 10.3. The van der Waals surface area contributed by atoms with Crippen LogP contribution in [0.25, 0.3) is 0 Å². The van der Waals surface area contributed by atoms with Crippen LogP contribution in [-0.4, -0.2) is 21.4 Å². The molecule has 2 aromatic rings. The molecule has 6 heteroatoms. The van der Waals surface area contributed by atoms with E-state index in [0.717, 1.165) is 30.0 Å². The van der Waals surface area contributed by atoms with Gasteiger partial charge in [0.15, 0.2) is 0 Å². The number of rotatable bonds is 4. The van der Waals surface area contributed by atoms with Crippen molar-refractivity contribution < 1.29 is 4.92 Å². The Bertz CT molecular complexity index is 615. The van der Waals surface area contributed by atoms with Crippen molar-refractivity contribution in [3.8, 4) is 0 Å². The van der Waals surface area contributed by atoms with Gasteiger partial charge in [-0.1, -0.05) is 24.6 Å². The molecule has 0 unspecified atom stereocenters. The number of para-hydroxylation sites is 1. The maximum Gasteiger partial charge on any atom is 0.273 e. The molecule has 0 bridgehead atoms. The molecule has 2 heterocycles. The Morgan fingerprint density at radius 1 is 1.38 bits per heavy atom. The third kappa shape index (κ3) is 3.11. The van der Waals surface area contributed by atoms with Crippen molar-refractivity contribution in [2.24, 2.45) is 0 Å². The van der Waals surface area contributed by atoms with Gasteiger partial charge in [-0.15, -0.1) is 11.3 Å². The van der Waals surface area contributed by atoms with Crippen LogP contribution in [0.4, 0.5) is 5.69 Å². The number of piperidine rings is 1. The monoisotopic (exact) mass is 303 g/mol. The minimum atomic E-state index is -0.294. The predicted molar refractivity (Wildman–Crippen MR) is 82.2 cm³/mol. The van der Waals surface area contributed by atoms with Crippen molar-refractivity contribution in [2.75, 3.05) is 6.54 Å². The quantitative estimate of drug-likeness (QED) is 0.637. The lowest BCUT2D eigenvalue weighted by Crippen LogP contribution is -2.33. The molecular formula is C15H17N3O2S. The number of hydrogen-bond donors (Lipinski definition) is 0. The molecule has 0 N–H and O–H groups in total. The Balaban J connectivity index is 1.84. The molecule has 0 radical (unpaired) electrons. The minimum Gasteiger partial charge on any atom is -0.289 e. The zero-order chi connectivity index (χ0) is 14.7. The minimum absolute atomic E-state index is 0.209. The number of hydrogen-bond acceptors (Lipinski definition) is 5. The van der Waals surface area contributed by atoms with Crippen molar-refractivity contribution in [3.63, 3.8) is 0 Å². The van der Waals surface area contributed by atoms with Crippen molar-refractivity contribution in [1.82, 2.24) is 9.88 Å². The highest BCUT2D eigenvalue weighted by atomic mass is 32.1. The smallest absolute Gasteiger partial charge is 0.273 e. The molecule has 1 aromatic heterocycles. The number of aromatic nitrogens is 1. The summed E-state index contributed by atoms with van der Waals surface area (Å²) in [7, 11) is 0. The fraction of sp³-hybridized carbons (Fsp3) is 0.400. The summed E-state index contributed by atoms with van der Waals surface area (Å²) in [5.41, 5.74) is 0.993. The van der Waals surface area contributed by atoms with Gasteiger partial charge in [0.2, 0.25) is 0 Å². The van der Waals surface area contributed by atoms with Crippen molar-refractivity contribution in [1.29, 1.82) is 0 Å². The van der Waals surface area contributed by atoms with Crippen molar-refractivity contribution >= 4 is 17.0 Å². The number of nitrogens with zero attached hydrogens (tertiary/aromatic N) is 3. The second-order valence-electron chi connectivity index (χ2n) is 5.24. The van der Waals surface area contributed by atoms with E-state index in [2.05, 4.69) is 9.88 Å². The van der Waals surface area contributed by atoms with E-state index in [-0.39, 0.29) is 10.6 Å². The van der Waals surface area contributed by atoms with Gasteiger partial charge in [0.1, 0.15) is 5.01 Å². The molecule has 110 valence electrons. The molecule has 1 fully saturated rings. The van der Waals surface area contributed by atoms with Crippen molar-refractivity contribution in [3.05, 3.63) is 56.5 Å². The normalized spacial score (nSPS) is 19.5. The van der Waals surface area contributed by atoms with Crippen LogP contribution < -0.4 is 0 Å². The summed E-state index contributed by atoms with van der Waals surface area (Å²) in [6.45, 7) is 1.58. The molecule has 1 saturated heterocycles. The first-order valence-corrected chi connectivity index (χ1v) is 7.99. The Morgan fingerprint density at radius 3 is 3.00 bits per heavy atom. The van der Waals surface area contributed by atoms with Crippen LogP contribution in [0.5, 0.6) is 0 Å². The summed E-state index contributed by atoms with van der Waals surface area (Å²) in [5, 5.41) is 14.3. The van der Waals surface area contributed by atoms with Crippen LogP contribution >= 0.6 is 11.3 Å². The Kier molecular flexibility index (Phi) is 4.26. The number of nitro benzene ring substituents is 1. The van der Waals surface area contributed by atoms with Crippen LogP contribution in [0.2, 0.25) is 0 Å². The van der Waals surface area contributed by atoms with Crippen LogP contribution in [0.3, 0.4) is 0 Å². The van der Waals surface area contributed by atoms with E-state index in [0.29, 0.717) is 12.6 Å². The zero-order valence-electron chi connectivity index (χ0n) is 11.6. The van der Waals surface area contributed by atoms with E-state index < -0.39 is 0 Å².